The predicted molar refractivity (Wildman–Crippen MR) is 149 cm³/mol. The molecule has 0 saturated carbocycles. The molecule has 0 radical (unpaired) electrons. The first kappa shape index (κ1) is 27.6. The number of halogens is 1. The van der Waals surface area contributed by atoms with Crippen LogP contribution in [0.5, 0.6) is 0 Å². The van der Waals surface area contributed by atoms with E-state index in [2.05, 4.69) is 27.8 Å². The molecule has 7 heteroatoms. The third kappa shape index (κ3) is 6.37. The summed E-state index contributed by atoms with van der Waals surface area (Å²) in [5.74, 6) is 0.390. The number of hydrogen-bond acceptors (Lipinski definition) is 5. The summed E-state index contributed by atoms with van der Waals surface area (Å²) in [5.41, 5.74) is 4.01. The monoisotopic (exact) mass is 570 g/mol. The Morgan fingerprint density at radius 1 is 1.00 bits per heavy atom. The zero-order valence-electron chi connectivity index (χ0n) is 22.5. The van der Waals surface area contributed by atoms with Gasteiger partial charge in [-0.2, -0.15) is 0 Å². The molecule has 0 aliphatic carbocycles. The van der Waals surface area contributed by atoms with Gasteiger partial charge in [-0.15, -0.1) is 0 Å². The molecule has 200 valence electrons. The Hall–Kier alpha value is -2.38. The van der Waals surface area contributed by atoms with Crippen molar-refractivity contribution < 1.29 is 19.1 Å². The second-order valence-corrected chi connectivity index (χ2v) is 11.6. The van der Waals surface area contributed by atoms with Crippen LogP contribution in [0.25, 0.3) is 0 Å². The van der Waals surface area contributed by atoms with Crippen LogP contribution in [-0.4, -0.2) is 60.2 Å². The standard InChI is InChI=1S/C30H39BrN2O4/c1-5-36-29(35)37-27(23-9-11-25(31)12-10-23)24-13-17-33(18-14-24)30(4)15-19-32(20-16-30)28(34)26-21(2)7-6-8-22(26)3/h6-12,24,27H,5,13-20H2,1-4H3. The van der Waals surface area contributed by atoms with Crippen LogP contribution in [0.1, 0.15) is 72.7 Å². The molecule has 37 heavy (non-hydrogen) atoms. The summed E-state index contributed by atoms with van der Waals surface area (Å²) in [6, 6.07) is 14.1. The number of amides is 1. The summed E-state index contributed by atoms with van der Waals surface area (Å²) >= 11 is 3.49. The van der Waals surface area contributed by atoms with Crippen LogP contribution in [0, 0.1) is 19.8 Å². The average Bonchev–Trinajstić information content (AvgIpc) is 2.88. The molecule has 1 amide bonds. The van der Waals surface area contributed by atoms with E-state index in [0.29, 0.717) is 6.61 Å². The Morgan fingerprint density at radius 2 is 1.59 bits per heavy atom. The molecule has 2 aliphatic heterocycles. The van der Waals surface area contributed by atoms with Gasteiger partial charge in [-0.05, 0) is 95.3 Å². The van der Waals surface area contributed by atoms with Crippen LogP contribution in [0.3, 0.4) is 0 Å². The van der Waals surface area contributed by atoms with Crippen LogP contribution in [0.4, 0.5) is 4.79 Å². The fourth-order valence-corrected chi connectivity index (χ4v) is 6.17. The lowest BCUT2D eigenvalue weighted by molar-refractivity contribution is -0.0326. The highest BCUT2D eigenvalue weighted by atomic mass is 79.9. The normalized spacial score (nSPS) is 19.3. The van der Waals surface area contributed by atoms with E-state index in [-0.39, 0.29) is 23.5 Å². The maximum absolute atomic E-state index is 13.3. The lowest BCUT2D eigenvalue weighted by Gasteiger charge is -2.49. The first-order valence-corrected chi connectivity index (χ1v) is 14.2. The third-order valence-corrected chi connectivity index (χ3v) is 8.77. The van der Waals surface area contributed by atoms with Crippen molar-refractivity contribution in [1.82, 2.24) is 9.80 Å². The van der Waals surface area contributed by atoms with Crippen molar-refractivity contribution >= 4 is 28.0 Å². The molecule has 2 aromatic carbocycles. The number of hydrogen-bond donors (Lipinski definition) is 0. The molecular formula is C30H39BrN2O4. The molecule has 4 rings (SSSR count). The van der Waals surface area contributed by atoms with Crippen molar-refractivity contribution in [3.05, 3.63) is 69.2 Å². The van der Waals surface area contributed by atoms with Gasteiger partial charge < -0.3 is 14.4 Å². The number of rotatable bonds is 6. The van der Waals surface area contributed by atoms with Crippen molar-refractivity contribution in [3.8, 4) is 0 Å². The highest BCUT2D eigenvalue weighted by molar-refractivity contribution is 9.10. The summed E-state index contributed by atoms with van der Waals surface area (Å²) in [6.07, 6.45) is 2.89. The van der Waals surface area contributed by atoms with Gasteiger partial charge in [-0.3, -0.25) is 9.69 Å². The minimum atomic E-state index is -0.606. The quantitative estimate of drug-likeness (QED) is 0.362. The Kier molecular flexibility index (Phi) is 8.96. The van der Waals surface area contributed by atoms with Crippen molar-refractivity contribution in [3.63, 3.8) is 0 Å². The number of nitrogens with zero attached hydrogens (tertiary/aromatic N) is 2. The molecule has 2 aliphatic rings. The Bertz CT molecular complexity index is 1070. The number of likely N-dealkylation sites (tertiary alicyclic amines) is 2. The fourth-order valence-electron chi connectivity index (χ4n) is 5.90. The van der Waals surface area contributed by atoms with Gasteiger partial charge in [0, 0.05) is 34.6 Å². The van der Waals surface area contributed by atoms with E-state index in [1.807, 2.05) is 61.2 Å². The Balaban J connectivity index is 1.38. The second-order valence-electron chi connectivity index (χ2n) is 10.7. The van der Waals surface area contributed by atoms with Gasteiger partial charge in [0.05, 0.1) is 6.61 Å². The molecular weight excluding hydrogens is 532 g/mol. The van der Waals surface area contributed by atoms with E-state index in [1.165, 1.54) is 0 Å². The highest BCUT2D eigenvalue weighted by Crippen LogP contribution is 2.39. The van der Waals surface area contributed by atoms with Crippen molar-refractivity contribution in [2.24, 2.45) is 5.92 Å². The van der Waals surface area contributed by atoms with Crippen LogP contribution >= 0.6 is 15.9 Å². The molecule has 0 aromatic heterocycles. The number of aryl methyl sites for hydroxylation is 2. The first-order chi connectivity index (χ1) is 17.7. The van der Waals surface area contributed by atoms with Gasteiger partial charge in [0.2, 0.25) is 0 Å². The van der Waals surface area contributed by atoms with Crippen LogP contribution < -0.4 is 0 Å². The van der Waals surface area contributed by atoms with Gasteiger partial charge in [0.25, 0.3) is 5.91 Å². The van der Waals surface area contributed by atoms with Crippen molar-refractivity contribution in [2.45, 2.75) is 65.0 Å². The minimum Gasteiger partial charge on any atom is -0.435 e. The molecule has 1 atom stereocenters. The first-order valence-electron chi connectivity index (χ1n) is 13.4. The summed E-state index contributed by atoms with van der Waals surface area (Å²) in [6.45, 7) is 11.9. The second kappa shape index (κ2) is 12.0. The molecule has 2 heterocycles. The maximum atomic E-state index is 13.3. The lowest BCUT2D eigenvalue weighted by Crippen LogP contribution is -2.56. The van der Waals surface area contributed by atoms with E-state index in [9.17, 15) is 9.59 Å². The molecule has 2 aromatic rings. The molecule has 0 bridgehead atoms. The molecule has 6 nitrogen and oxygen atoms in total. The van der Waals surface area contributed by atoms with Gasteiger partial charge in [0.1, 0.15) is 6.10 Å². The Labute approximate surface area is 229 Å². The molecule has 2 fully saturated rings. The van der Waals surface area contributed by atoms with Crippen molar-refractivity contribution in [1.29, 1.82) is 0 Å². The van der Waals surface area contributed by atoms with E-state index in [1.54, 1.807) is 6.92 Å². The number of benzene rings is 2. The lowest BCUT2D eigenvalue weighted by atomic mass is 9.82. The molecule has 1 unspecified atom stereocenters. The van der Waals surface area contributed by atoms with Crippen LogP contribution in [-0.2, 0) is 9.47 Å². The summed E-state index contributed by atoms with van der Waals surface area (Å²) < 4.78 is 11.9. The van der Waals surface area contributed by atoms with E-state index >= 15 is 0 Å². The van der Waals surface area contributed by atoms with Gasteiger partial charge in [0.15, 0.2) is 0 Å². The van der Waals surface area contributed by atoms with Gasteiger partial charge in [-0.25, -0.2) is 4.79 Å². The minimum absolute atomic E-state index is 0.0671. The molecule has 0 spiro atoms. The van der Waals surface area contributed by atoms with E-state index < -0.39 is 6.16 Å². The fraction of sp³-hybridized carbons (Fsp3) is 0.533. The molecule has 2 saturated heterocycles. The van der Waals surface area contributed by atoms with Crippen molar-refractivity contribution in [2.75, 3.05) is 32.8 Å². The van der Waals surface area contributed by atoms with E-state index in [0.717, 1.165) is 78.6 Å². The number of ether oxygens (including phenoxy) is 2. The number of piperidine rings is 2. The Morgan fingerprint density at radius 3 is 2.16 bits per heavy atom. The van der Waals surface area contributed by atoms with E-state index in [4.69, 9.17) is 9.47 Å². The average molecular weight is 572 g/mol. The summed E-state index contributed by atoms with van der Waals surface area (Å²) in [5, 5.41) is 0. The largest absolute Gasteiger partial charge is 0.508 e. The predicted octanol–water partition coefficient (Wildman–Crippen LogP) is 6.69. The zero-order valence-corrected chi connectivity index (χ0v) is 24.1. The van der Waals surface area contributed by atoms with Crippen LogP contribution in [0.2, 0.25) is 0 Å². The maximum Gasteiger partial charge on any atom is 0.508 e. The van der Waals surface area contributed by atoms with Gasteiger partial charge >= 0.3 is 6.16 Å². The molecule has 0 N–H and O–H groups in total. The summed E-state index contributed by atoms with van der Waals surface area (Å²) in [7, 11) is 0. The highest BCUT2D eigenvalue weighted by Gasteiger charge is 2.40. The van der Waals surface area contributed by atoms with Crippen LogP contribution in [0.15, 0.2) is 46.9 Å². The smallest absolute Gasteiger partial charge is 0.435 e. The van der Waals surface area contributed by atoms with Gasteiger partial charge in [-0.1, -0.05) is 46.3 Å². The number of carbonyl (C=O) groups is 2. The third-order valence-electron chi connectivity index (χ3n) is 8.24. The SMILES string of the molecule is CCOC(=O)OC(c1ccc(Br)cc1)C1CCN(C2(C)CCN(C(=O)c3c(C)cccc3C)CC2)CC1. The zero-order chi connectivity index (χ0) is 26.6. The number of carbonyl (C=O) groups excluding carboxylic acids is 2. The topological polar surface area (TPSA) is 59.1 Å². The summed E-state index contributed by atoms with van der Waals surface area (Å²) in [4.78, 5) is 30.1.